The van der Waals surface area contributed by atoms with E-state index in [0.717, 1.165) is 56.1 Å². The molecular formula is C22H27N3O4. The minimum atomic E-state index is -0.0729. The number of carbonyl (C=O) groups excluding carboxylic acids is 1. The summed E-state index contributed by atoms with van der Waals surface area (Å²) in [4.78, 5) is 16.7. The molecule has 1 amide bonds. The third-order valence-corrected chi connectivity index (χ3v) is 7.12. The molecule has 154 valence electrons. The number of methoxy groups -OCH3 is 1. The van der Waals surface area contributed by atoms with Gasteiger partial charge in [0.1, 0.15) is 0 Å². The summed E-state index contributed by atoms with van der Waals surface area (Å²) >= 11 is 0. The van der Waals surface area contributed by atoms with Crippen LogP contribution in [-0.2, 0) is 4.79 Å². The van der Waals surface area contributed by atoms with Crippen LogP contribution in [0, 0.1) is 5.92 Å². The van der Waals surface area contributed by atoms with E-state index in [4.69, 9.17) is 4.74 Å². The van der Waals surface area contributed by atoms with Crippen molar-refractivity contribution in [2.24, 2.45) is 5.92 Å². The minimum absolute atomic E-state index is 0.00287. The lowest BCUT2D eigenvalue weighted by molar-refractivity contribution is -0.121. The minimum Gasteiger partial charge on any atom is -0.494 e. The van der Waals surface area contributed by atoms with Gasteiger partial charge in [0, 0.05) is 29.2 Å². The van der Waals surface area contributed by atoms with Crippen LogP contribution in [0.1, 0.15) is 74.0 Å². The van der Waals surface area contributed by atoms with Crippen LogP contribution < -0.4 is 10.1 Å². The summed E-state index contributed by atoms with van der Waals surface area (Å²) in [5.41, 5.74) is 2.64. The molecule has 2 atom stereocenters. The quantitative estimate of drug-likeness (QED) is 0.724. The molecule has 3 aliphatic rings. The maximum Gasteiger partial charge on any atom is 0.227 e. The van der Waals surface area contributed by atoms with Crippen LogP contribution in [0.4, 0.5) is 5.69 Å². The van der Waals surface area contributed by atoms with Crippen molar-refractivity contribution in [3.05, 3.63) is 29.5 Å². The molecule has 2 bridgehead atoms. The second kappa shape index (κ2) is 6.97. The third kappa shape index (κ3) is 2.94. The van der Waals surface area contributed by atoms with Gasteiger partial charge < -0.3 is 20.3 Å². The Morgan fingerprint density at radius 1 is 1.07 bits per heavy atom. The van der Waals surface area contributed by atoms with Gasteiger partial charge in [0.25, 0.3) is 0 Å². The zero-order valence-corrected chi connectivity index (χ0v) is 16.6. The van der Waals surface area contributed by atoms with Gasteiger partial charge in [-0.3, -0.25) is 9.36 Å². The number of pyridine rings is 1. The van der Waals surface area contributed by atoms with Crippen LogP contribution >= 0.6 is 0 Å². The smallest absolute Gasteiger partial charge is 0.227 e. The van der Waals surface area contributed by atoms with Gasteiger partial charge in [-0.1, -0.05) is 0 Å². The Balaban J connectivity index is 1.25. The summed E-state index contributed by atoms with van der Waals surface area (Å²) < 4.78 is 6.78. The van der Waals surface area contributed by atoms with Crippen molar-refractivity contribution in [1.29, 1.82) is 0 Å². The molecule has 2 fully saturated rings. The molecule has 7 heteroatoms. The van der Waals surface area contributed by atoms with Crippen molar-refractivity contribution in [2.75, 3.05) is 12.4 Å². The molecular weight excluding hydrogens is 370 g/mol. The van der Waals surface area contributed by atoms with Crippen molar-refractivity contribution in [3.63, 3.8) is 0 Å². The second-order valence-corrected chi connectivity index (χ2v) is 8.64. The van der Waals surface area contributed by atoms with Crippen molar-refractivity contribution >= 4 is 11.6 Å². The molecule has 0 saturated heterocycles. The summed E-state index contributed by atoms with van der Waals surface area (Å²) in [6.07, 6.45) is 7.88. The van der Waals surface area contributed by atoms with Crippen LogP contribution in [0.15, 0.2) is 18.3 Å². The lowest BCUT2D eigenvalue weighted by Gasteiger charge is -2.29. The number of fused-ring (bicyclic) bond motifs is 5. The predicted molar refractivity (Wildman–Crippen MR) is 108 cm³/mol. The van der Waals surface area contributed by atoms with Crippen molar-refractivity contribution in [1.82, 2.24) is 9.55 Å². The number of aromatic nitrogens is 2. The maximum atomic E-state index is 12.6. The number of ether oxygens (including phenoxy) is 1. The molecule has 2 heterocycles. The predicted octanol–water partition coefficient (Wildman–Crippen LogP) is 4.04. The fourth-order valence-electron chi connectivity index (χ4n) is 5.67. The Morgan fingerprint density at radius 2 is 1.72 bits per heavy atom. The Morgan fingerprint density at radius 3 is 2.28 bits per heavy atom. The summed E-state index contributed by atoms with van der Waals surface area (Å²) in [5, 5.41) is 24.6. The fourth-order valence-corrected chi connectivity index (χ4v) is 5.67. The number of nitrogens with one attached hydrogen (secondary N) is 1. The summed E-state index contributed by atoms with van der Waals surface area (Å²) in [5.74, 6) is 1.77. The molecule has 7 nitrogen and oxygen atoms in total. The molecule has 2 aromatic rings. The van der Waals surface area contributed by atoms with Crippen molar-refractivity contribution in [3.8, 4) is 17.6 Å². The molecule has 3 N–H and O–H groups in total. The summed E-state index contributed by atoms with van der Waals surface area (Å²) in [6.45, 7) is 0. The Hall–Kier alpha value is -2.70. The van der Waals surface area contributed by atoms with Gasteiger partial charge in [0.15, 0.2) is 11.8 Å². The average Bonchev–Trinajstić information content (AvgIpc) is 3.42. The Kier molecular flexibility index (Phi) is 4.41. The number of amides is 1. The van der Waals surface area contributed by atoms with Crippen LogP contribution in [0.3, 0.4) is 0 Å². The van der Waals surface area contributed by atoms with E-state index < -0.39 is 0 Å². The monoisotopic (exact) mass is 397 g/mol. The average molecular weight is 397 g/mol. The van der Waals surface area contributed by atoms with E-state index in [0.29, 0.717) is 23.4 Å². The molecule has 3 aliphatic carbocycles. The number of hydrogen-bond acceptors (Lipinski definition) is 5. The van der Waals surface area contributed by atoms with Gasteiger partial charge in [-0.05, 0) is 62.8 Å². The Bertz CT molecular complexity index is 895. The molecule has 29 heavy (non-hydrogen) atoms. The van der Waals surface area contributed by atoms with Crippen molar-refractivity contribution in [2.45, 2.75) is 62.8 Å². The van der Waals surface area contributed by atoms with Crippen LogP contribution in [-0.4, -0.2) is 32.8 Å². The third-order valence-electron chi connectivity index (χ3n) is 7.12. The standard InChI is InChI=1S/C22H27N3O4/c1-29-17-9-6-15(11-23-17)24-20(26)12-4-7-16(8-5-12)25-21(27)18-13-2-3-14(10-13)19(18)22(25)28/h6,9,11-14,16,27-28H,2-5,7-8,10H2,1H3,(H,24,26)/t12?,13-,14+,16?. The number of nitrogens with zero attached hydrogens (tertiary/aromatic N) is 2. The topological polar surface area (TPSA) is 96.6 Å². The fraction of sp³-hybridized carbons (Fsp3) is 0.545. The zero-order valence-electron chi connectivity index (χ0n) is 16.6. The molecule has 2 aromatic heterocycles. The first-order valence-corrected chi connectivity index (χ1v) is 10.5. The highest BCUT2D eigenvalue weighted by Crippen LogP contribution is 2.60. The molecule has 0 spiro atoms. The highest BCUT2D eigenvalue weighted by atomic mass is 16.5. The first kappa shape index (κ1) is 18.3. The largest absolute Gasteiger partial charge is 0.494 e. The summed E-state index contributed by atoms with van der Waals surface area (Å²) in [7, 11) is 1.55. The van der Waals surface area contributed by atoms with E-state index in [2.05, 4.69) is 10.3 Å². The molecule has 0 unspecified atom stereocenters. The normalized spacial score (nSPS) is 27.6. The van der Waals surface area contributed by atoms with E-state index >= 15 is 0 Å². The van der Waals surface area contributed by atoms with E-state index in [-0.39, 0.29) is 29.6 Å². The Labute approximate surface area is 169 Å². The van der Waals surface area contributed by atoms with Crippen LogP contribution in [0.25, 0.3) is 0 Å². The molecule has 0 radical (unpaired) electrons. The van der Waals surface area contributed by atoms with E-state index in [1.54, 1.807) is 30.0 Å². The lowest BCUT2D eigenvalue weighted by atomic mass is 9.85. The second-order valence-electron chi connectivity index (χ2n) is 8.64. The van der Waals surface area contributed by atoms with E-state index in [9.17, 15) is 15.0 Å². The van der Waals surface area contributed by atoms with Gasteiger partial charge in [-0.25, -0.2) is 4.98 Å². The first-order chi connectivity index (χ1) is 14.1. The highest BCUT2D eigenvalue weighted by Gasteiger charge is 2.45. The number of hydrogen-bond donors (Lipinski definition) is 3. The van der Waals surface area contributed by atoms with Gasteiger partial charge in [-0.2, -0.15) is 0 Å². The highest BCUT2D eigenvalue weighted by molar-refractivity contribution is 5.92. The first-order valence-electron chi connectivity index (χ1n) is 10.5. The van der Waals surface area contributed by atoms with Gasteiger partial charge in [0.05, 0.1) is 19.0 Å². The van der Waals surface area contributed by atoms with Gasteiger partial charge >= 0.3 is 0 Å². The SMILES string of the molecule is COc1ccc(NC(=O)C2CCC(n3c(O)c4c(c3O)[C@H]3CC[C@@H]4C3)CC2)cn1. The molecule has 0 aliphatic heterocycles. The number of aromatic hydroxyl groups is 2. The molecule has 0 aromatic carbocycles. The van der Waals surface area contributed by atoms with E-state index in [1.165, 1.54) is 0 Å². The van der Waals surface area contributed by atoms with Gasteiger partial charge in [0.2, 0.25) is 11.8 Å². The summed E-state index contributed by atoms with van der Waals surface area (Å²) in [6, 6.07) is 3.55. The number of carbonyl (C=O) groups is 1. The van der Waals surface area contributed by atoms with Crippen LogP contribution in [0.5, 0.6) is 17.6 Å². The van der Waals surface area contributed by atoms with Crippen molar-refractivity contribution < 1.29 is 19.7 Å². The van der Waals surface area contributed by atoms with Gasteiger partial charge in [-0.15, -0.1) is 0 Å². The number of anilines is 1. The lowest BCUT2D eigenvalue weighted by Crippen LogP contribution is -2.28. The number of rotatable bonds is 4. The van der Waals surface area contributed by atoms with E-state index in [1.807, 2.05) is 0 Å². The zero-order chi connectivity index (χ0) is 20.1. The molecule has 5 rings (SSSR count). The maximum absolute atomic E-state index is 12.6. The van der Waals surface area contributed by atoms with Crippen LogP contribution in [0.2, 0.25) is 0 Å². The molecule has 2 saturated carbocycles.